The molecule has 1 heterocycles. The van der Waals surface area contributed by atoms with Crippen molar-refractivity contribution in [1.82, 2.24) is 5.32 Å². The lowest BCUT2D eigenvalue weighted by Crippen LogP contribution is -2.31. The Balaban J connectivity index is 1.89. The first-order valence-corrected chi connectivity index (χ1v) is 6.18. The zero-order valence-corrected chi connectivity index (χ0v) is 10.1. The third kappa shape index (κ3) is 3.07. The molecule has 0 bridgehead atoms. The Kier molecular flexibility index (Phi) is 3.79. The van der Waals surface area contributed by atoms with Crippen molar-refractivity contribution in [1.29, 1.82) is 0 Å². The highest BCUT2D eigenvalue weighted by Crippen LogP contribution is 2.20. The van der Waals surface area contributed by atoms with Crippen LogP contribution < -0.4 is 5.32 Å². The molecule has 3 heteroatoms. The molecular formula is C14H19NO2. The second-order valence-electron chi connectivity index (χ2n) is 4.82. The molecule has 0 aliphatic carbocycles. The predicted octanol–water partition coefficient (Wildman–Crippen LogP) is 1.99. The molecule has 2 atom stereocenters. The van der Waals surface area contributed by atoms with Gasteiger partial charge in [-0.05, 0) is 38.3 Å². The van der Waals surface area contributed by atoms with Gasteiger partial charge in [0.15, 0.2) is 0 Å². The van der Waals surface area contributed by atoms with Crippen molar-refractivity contribution in [2.75, 3.05) is 6.54 Å². The molecule has 1 aromatic rings. The van der Waals surface area contributed by atoms with Crippen molar-refractivity contribution in [2.24, 2.45) is 5.92 Å². The molecule has 1 saturated heterocycles. The van der Waals surface area contributed by atoms with Crippen LogP contribution in [-0.4, -0.2) is 23.7 Å². The number of nitrogens with one attached hydrogen (secondary N) is 1. The summed E-state index contributed by atoms with van der Waals surface area (Å²) in [7, 11) is 0. The Labute approximate surface area is 102 Å². The Morgan fingerprint density at radius 1 is 1.41 bits per heavy atom. The number of hydrogen-bond donors (Lipinski definition) is 2. The molecule has 1 aliphatic rings. The zero-order valence-electron chi connectivity index (χ0n) is 10.1. The fraction of sp³-hybridized carbons (Fsp3) is 0.500. The van der Waals surface area contributed by atoms with Crippen LogP contribution >= 0.6 is 0 Å². The monoisotopic (exact) mass is 233 g/mol. The number of aryl methyl sites for hydroxylation is 2. The zero-order chi connectivity index (χ0) is 12.3. The quantitative estimate of drug-likeness (QED) is 0.836. The van der Waals surface area contributed by atoms with E-state index in [0.717, 1.165) is 25.8 Å². The van der Waals surface area contributed by atoms with Gasteiger partial charge in [0, 0.05) is 6.04 Å². The number of aliphatic carboxylic acids is 1. The Morgan fingerprint density at radius 3 is 2.76 bits per heavy atom. The van der Waals surface area contributed by atoms with Crippen molar-refractivity contribution in [2.45, 2.75) is 32.2 Å². The number of carbonyl (C=O) groups is 1. The summed E-state index contributed by atoms with van der Waals surface area (Å²) < 4.78 is 0. The minimum absolute atomic E-state index is 0.133. The molecule has 17 heavy (non-hydrogen) atoms. The third-order valence-corrected chi connectivity index (χ3v) is 3.53. The van der Waals surface area contributed by atoms with E-state index < -0.39 is 5.97 Å². The van der Waals surface area contributed by atoms with Gasteiger partial charge < -0.3 is 10.4 Å². The Bertz CT molecular complexity index is 386. The summed E-state index contributed by atoms with van der Waals surface area (Å²) >= 11 is 0. The standard InChI is InChI=1S/C14H19NO2/c1-10-2-4-11(5-3-10)6-7-13-12(14(16)17)8-9-15-13/h2-5,12-13,15H,6-9H2,1H3,(H,16,17). The summed E-state index contributed by atoms with van der Waals surface area (Å²) in [4.78, 5) is 11.0. The van der Waals surface area contributed by atoms with Crippen LogP contribution in [0.2, 0.25) is 0 Å². The Hall–Kier alpha value is -1.35. The highest BCUT2D eigenvalue weighted by atomic mass is 16.4. The largest absolute Gasteiger partial charge is 0.481 e. The van der Waals surface area contributed by atoms with Gasteiger partial charge in [-0.3, -0.25) is 4.79 Å². The van der Waals surface area contributed by atoms with E-state index in [1.165, 1.54) is 11.1 Å². The SMILES string of the molecule is Cc1ccc(CCC2NCCC2C(=O)O)cc1. The van der Waals surface area contributed by atoms with E-state index in [-0.39, 0.29) is 12.0 Å². The average molecular weight is 233 g/mol. The van der Waals surface area contributed by atoms with Gasteiger partial charge in [-0.25, -0.2) is 0 Å². The summed E-state index contributed by atoms with van der Waals surface area (Å²) in [5.41, 5.74) is 2.55. The first kappa shape index (κ1) is 12.1. The first-order chi connectivity index (χ1) is 8.16. The summed E-state index contributed by atoms with van der Waals surface area (Å²) in [6, 6.07) is 8.59. The summed E-state index contributed by atoms with van der Waals surface area (Å²) in [5, 5.41) is 12.4. The van der Waals surface area contributed by atoms with E-state index in [1.54, 1.807) is 0 Å². The van der Waals surface area contributed by atoms with Crippen LogP contribution in [0.15, 0.2) is 24.3 Å². The molecule has 0 aromatic heterocycles. The topological polar surface area (TPSA) is 49.3 Å². The smallest absolute Gasteiger partial charge is 0.308 e. The van der Waals surface area contributed by atoms with Gasteiger partial charge in [0.05, 0.1) is 5.92 Å². The highest BCUT2D eigenvalue weighted by Gasteiger charge is 2.31. The normalized spacial score (nSPS) is 23.8. The van der Waals surface area contributed by atoms with E-state index in [4.69, 9.17) is 5.11 Å². The number of carboxylic acid groups (broad SMARTS) is 1. The molecule has 1 aromatic carbocycles. The molecule has 0 amide bonds. The molecule has 1 aliphatic heterocycles. The highest BCUT2D eigenvalue weighted by molar-refractivity contribution is 5.71. The number of carboxylic acids is 1. The van der Waals surface area contributed by atoms with Crippen molar-refractivity contribution < 1.29 is 9.90 Å². The lowest BCUT2D eigenvalue weighted by atomic mass is 9.95. The number of hydrogen-bond acceptors (Lipinski definition) is 2. The van der Waals surface area contributed by atoms with Crippen LogP contribution in [0.4, 0.5) is 0 Å². The van der Waals surface area contributed by atoms with Crippen molar-refractivity contribution in [3.8, 4) is 0 Å². The van der Waals surface area contributed by atoms with Gasteiger partial charge >= 0.3 is 5.97 Å². The fourth-order valence-electron chi connectivity index (χ4n) is 2.44. The van der Waals surface area contributed by atoms with Crippen LogP contribution in [0, 0.1) is 12.8 Å². The van der Waals surface area contributed by atoms with Crippen LogP contribution in [0.3, 0.4) is 0 Å². The number of benzene rings is 1. The lowest BCUT2D eigenvalue weighted by Gasteiger charge is -2.15. The van der Waals surface area contributed by atoms with E-state index in [1.807, 2.05) is 0 Å². The minimum Gasteiger partial charge on any atom is -0.481 e. The van der Waals surface area contributed by atoms with Crippen LogP contribution in [0.1, 0.15) is 24.0 Å². The van der Waals surface area contributed by atoms with E-state index >= 15 is 0 Å². The molecule has 1 fully saturated rings. The maximum Gasteiger partial charge on any atom is 0.308 e. The summed E-state index contributed by atoms with van der Waals surface area (Å²) in [6.07, 6.45) is 2.61. The van der Waals surface area contributed by atoms with E-state index in [9.17, 15) is 4.79 Å². The first-order valence-electron chi connectivity index (χ1n) is 6.18. The molecule has 2 N–H and O–H groups in total. The number of rotatable bonds is 4. The molecule has 0 radical (unpaired) electrons. The average Bonchev–Trinajstić information content (AvgIpc) is 2.76. The maximum atomic E-state index is 11.0. The van der Waals surface area contributed by atoms with Crippen LogP contribution in [-0.2, 0) is 11.2 Å². The van der Waals surface area contributed by atoms with Crippen LogP contribution in [0.25, 0.3) is 0 Å². The predicted molar refractivity (Wildman–Crippen MR) is 67.0 cm³/mol. The molecule has 2 rings (SSSR count). The molecule has 0 spiro atoms. The summed E-state index contributed by atoms with van der Waals surface area (Å²) in [5.74, 6) is -0.871. The second kappa shape index (κ2) is 5.32. The van der Waals surface area contributed by atoms with Gasteiger partial charge in [-0.2, -0.15) is 0 Å². The van der Waals surface area contributed by atoms with Gasteiger partial charge in [0.25, 0.3) is 0 Å². The van der Waals surface area contributed by atoms with Gasteiger partial charge in [0.2, 0.25) is 0 Å². The van der Waals surface area contributed by atoms with E-state index in [0.29, 0.717) is 0 Å². The van der Waals surface area contributed by atoms with Gasteiger partial charge in [0.1, 0.15) is 0 Å². The molecular weight excluding hydrogens is 214 g/mol. The maximum absolute atomic E-state index is 11.0. The van der Waals surface area contributed by atoms with Gasteiger partial charge in [-0.1, -0.05) is 29.8 Å². The van der Waals surface area contributed by atoms with Gasteiger partial charge in [-0.15, -0.1) is 0 Å². The lowest BCUT2D eigenvalue weighted by molar-refractivity contribution is -0.142. The molecule has 0 saturated carbocycles. The van der Waals surface area contributed by atoms with Crippen LogP contribution in [0.5, 0.6) is 0 Å². The third-order valence-electron chi connectivity index (χ3n) is 3.53. The van der Waals surface area contributed by atoms with Crippen molar-refractivity contribution >= 4 is 5.97 Å². The van der Waals surface area contributed by atoms with E-state index in [2.05, 4.69) is 36.5 Å². The minimum atomic E-state index is -0.663. The summed E-state index contributed by atoms with van der Waals surface area (Å²) in [6.45, 7) is 2.90. The molecule has 2 unspecified atom stereocenters. The molecule has 3 nitrogen and oxygen atoms in total. The molecule has 92 valence electrons. The Morgan fingerprint density at radius 2 is 2.12 bits per heavy atom. The second-order valence-corrected chi connectivity index (χ2v) is 4.82. The van der Waals surface area contributed by atoms with Crippen molar-refractivity contribution in [3.05, 3.63) is 35.4 Å². The fourth-order valence-corrected chi connectivity index (χ4v) is 2.44. The van der Waals surface area contributed by atoms with Crippen molar-refractivity contribution in [3.63, 3.8) is 0 Å².